The first-order valence-electron chi connectivity index (χ1n) is 7.73. The highest BCUT2D eigenvalue weighted by Gasteiger charge is 2.40. The van der Waals surface area contributed by atoms with E-state index in [2.05, 4.69) is 46.6 Å². The topological polar surface area (TPSA) is 53.6 Å². The molecular weight excluding hydrogens is 343 g/mol. The van der Waals surface area contributed by atoms with Gasteiger partial charge in [0.1, 0.15) is 11.5 Å². The minimum absolute atomic E-state index is 0. The number of fused-ring (bicyclic) bond motifs is 1. The van der Waals surface area contributed by atoms with E-state index in [-0.39, 0.29) is 30.5 Å². The molecule has 4 rings (SSSR count). The molecule has 6 heteroatoms. The van der Waals surface area contributed by atoms with E-state index in [1.54, 1.807) is 0 Å². The molecule has 2 aliphatic heterocycles. The second-order valence-electron chi connectivity index (χ2n) is 6.15. The average Bonchev–Trinajstić information content (AvgIpc) is 2.90. The molecule has 128 valence electrons. The molecule has 2 heterocycles. The Bertz CT molecular complexity index is 720. The second kappa shape index (κ2) is 7.43. The maximum absolute atomic E-state index is 6.19. The van der Waals surface area contributed by atoms with E-state index in [0.29, 0.717) is 5.84 Å². The van der Waals surface area contributed by atoms with E-state index in [0.717, 1.165) is 37.3 Å². The van der Waals surface area contributed by atoms with E-state index in [9.17, 15) is 0 Å². The van der Waals surface area contributed by atoms with Crippen molar-refractivity contribution < 1.29 is 0 Å². The van der Waals surface area contributed by atoms with E-state index in [4.69, 9.17) is 10.7 Å². The van der Waals surface area contributed by atoms with Crippen molar-refractivity contribution in [2.24, 2.45) is 10.7 Å². The normalized spacial score (nSPS) is 21.9. The van der Waals surface area contributed by atoms with Crippen molar-refractivity contribution in [1.29, 1.82) is 0 Å². The lowest BCUT2D eigenvalue weighted by Gasteiger charge is -2.33. The molecule has 0 amide bonds. The van der Waals surface area contributed by atoms with Gasteiger partial charge in [-0.2, -0.15) is 0 Å². The number of likely N-dealkylation sites (tertiary alicyclic amines) is 1. The summed E-state index contributed by atoms with van der Waals surface area (Å²) in [5, 5.41) is 3.61. The Hall–Kier alpha value is -1.75. The van der Waals surface area contributed by atoms with Crippen molar-refractivity contribution in [3.63, 3.8) is 0 Å². The van der Waals surface area contributed by atoms with Crippen LogP contribution in [0.5, 0.6) is 0 Å². The van der Waals surface area contributed by atoms with Crippen LogP contribution in [0.25, 0.3) is 0 Å². The molecular formula is C18H22Cl2N4. The summed E-state index contributed by atoms with van der Waals surface area (Å²) in [5.74, 6) is 0.649. The van der Waals surface area contributed by atoms with Crippen LogP contribution in [0.2, 0.25) is 0 Å². The molecule has 1 unspecified atom stereocenters. The van der Waals surface area contributed by atoms with Crippen LogP contribution in [0.3, 0.4) is 0 Å². The highest BCUT2D eigenvalue weighted by atomic mass is 35.5. The van der Waals surface area contributed by atoms with Crippen LogP contribution in [0.1, 0.15) is 17.5 Å². The average molecular weight is 365 g/mol. The first-order valence-corrected chi connectivity index (χ1v) is 7.73. The Morgan fingerprint density at radius 3 is 2.54 bits per heavy atom. The summed E-state index contributed by atoms with van der Waals surface area (Å²) in [5.41, 5.74) is 9.36. The van der Waals surface area contributed by atoms with Crippen molar-refractivity contribution in [1.82, 2.24) is 4.90 Å². The summed E-state index contributed by atoms with van der Waals surface area (Å²) in [6, 6.07) is 18.7. The van der Waals surface area contributed by atoms with Gasteiger partial charge in [-0.15, -0.1) is 24.8 Å². The number of benzene rings is 2. The molecule has 2 aromatic rings. The first kappa shape index (κ1) is 18.6. The van der Waals surface area contributed by atoms with Gasteiger partial charge in [-0.3, -0.25) is 4.90 Å². The summed E-state index contributed by atoms with van der Waals surface area (Å²) in [7, 11) is 0. The van der Waals surface area contributed by atoms with Crippen LogP contribution in [0.4, 0.5) is 5.69 Å². The summed E-state index contributed by atoms with van der Waals surface area (Å²) < 4.78 is 0. The molecule has 0 bridgehead atoms. The van der Waals surface area contributed by atoms with E-state index < -0.39 is 0 Å². The summed E-state index contributed by atoms with van der Waals surface area (Å²) in [6.45, 7) is 2.87. The van der Waals surface area contributed by atoms with Gasteiger partial charge in [0.2, 0.25) is 0 Å². The molecule has 0 aliphatic carbocycles. The Kier molecular flexibility index (Phi) is 5.75. The van der Waals surface area contributed by atoms with Crippen molar-refractivity contribution in [2.75, 3.05) is 18.4 Å². The summed E-state index contributed by atoms with van der Waals surface area (Å²) in [6.07, 6.45) is 0.981. The van der Waals surface area contributed by atoms with Crippen LogP contribution in [-0.4, -0.2) is 29.5 Å². The molecule has 3 N–H and O–H groups in total. The predicted octanol–water partition coefficient (Wildman–Crippen LogP) is 3.26. The second-order valence-corrected chi connectivity index (χ2v) is 6.15. The number of nitrogens with two attached hydrogens (primary N) is 1. The molecule has 24 heavy (non-hydrogen) atoms. The molecule has 0 saturated carbocycles. The number of anilines is 1. The number of aliphatic imine (C=N–C) groups is 1. The fourth-order valence-electron chi connectivity index (χ4n) is 3.43. The number of para-hydroxylation sites is 1. The van der Waals surface area contributed by atoms with Gasteiger partial charge in [-0.05, 0) is 17.7 Å². The van der Waals surface area contributed by atoms with Crippen LogP contribution in [0, 0.1) is 0 Å². The lowest BCUT2D eigenvalue weighted by Crippen LogP contribution is -2.44. The fourth-order valence-corrected chi connectivity index (χ4v) is 3.43. The molecule has 1 atom stereocenters. The zero-order valence-electron chi connectivity index (χ0n) is 13.3. The Labute approximate surface area is 155 Å². The lowest BCUT2D eigenvalue weighted by molar-refractivity contribution is 0.312. The molecule has 0 radical (unpaired) electrons. The third-order valence-electron chi connectivity index (χ3n) is 4.48. The van der Waals surface area contributed by atoms with Crippen LogP contribution in [0.15, 0.2) is 59.6 Å². The SMILES string of the molecule is Cl.Cl.NC1=NC2(CCN(Cc3ccccc3)C2)Nc2ccccc21. The Morgan fingerprint density at radius 2 is 1.75 bits per heavy atom. The third kappa shape index (κ3) is 3.51. The van der Waals surface area contributed by atoms with Gasteiger partial charge in [0, 0.05) is 37.3 Å². The number of rotatable bonds is 2. The minimum Gasteiger partial charge on any atom is -0.383 e. The van der Waals surface area contributed by atoms with E-state index >= 15 is 0 Å². The number of nitrogens with one attached hydrogen (secondary N) is 1. The van der Waals surface area contributed by atoms with Gasteiger partial charge in [-0.25, -0.2) is 4.99 Å². The zero-order valence-corrected chi connectivity index (χ0v) is 14.9. The molecule has 1 spiro atoms. The number of amidine groups is 1. The molecule has 2 aliphatic rings. The van der Waals surface area contributed by atoms with Crippen molar-refractivity contribution in [3.8, 4) is 0 Å². The van der Waals surface area contributed by atoms with Gasteiger partial charge in [0.15, 0.2) is 0 Å². The number of hydrogen-bond acceptors (Lipinski definition) is 4. The highest BCUT2D eigenvalue weighted by Crippen LogP contribution is 2.33. The van der Waals surface area contributed by atoms with Gasteiger partial charge in [-0.1, -0.05) is 42.5 Å². The lowest BCUT2D eigenvalue weighted by atomic mass is 10.0. The minimum atomic E-state index is -0.271. The fraction of sp³-hybridized carbons (Fsp3) is 0.278. The number of hydrogen-bond donors (Lipinski definition) is 2. The predicted molar refractivity (Wildman–Crippen MR) is 104 cm³/mol. The quantitative estimate of drug-likeness (QED) is 0.859. The molecule has 2 aromatic carbocycles. The molecule has 1 fully saturated rings. The largest absolute Gasteiger partial charge is 0.383 e. The highest BCUT2D eigenvalue weighted by molar-refractivity contribution is 6.04. The van der Waals surface area contributed by atoms with Crippen molar-refractivity contribution >= 4 is 36.3 Å². The van der Waals surface area contributed by atoms with Crippen LogP contribution >= 0.6 is 24.8 Å². The van der Waals surface area contributed by atoms with Gasteiger partial charge in [0.25, 0.3) is 0 Å². The third-order valence-corrected chi connectivity index (χ3v) is 4.48. The molecule has 4 nitrogen and oxygen atoms in total. The smallest absolute Gasteiger partial charge is 0.145 e. The molecule has 1 saturated heterocycles. The van der Waals surface area contributed by atoms with E-state index in [1.165, 1.54) is 5.56 Å². The summed E-state index contributed by atoms with van der Waals surface area (Å²) >= 11 is 0. The van der Waals surface area contributed by atoms with Crippen LogP contribution in [-0.2, 0) is 6.54 Å². The summed E-state index contributed by atoms with van der Waals surface area (Å²) in [4.78, 5) is 7.23. The van der Waals surface area contributed by atoms with Crippen LogP contribution < -0.4 is 11.1 Å². The standard InChI is InChI=1S/C18H20N4.2ClH/c19-17-15-8-4-5-9-16(15)20-18(21-17)10-11-22(13-18)12-14-6-2-1-3-7-14;;/h1-9,20H,10-13H2,(H2,19,21);2*1H. The van der Waals surface area contributed by atoms with Gasteiger partial charge < -0.3 is 11.1 Å². The monoisotopic (exact) mass is 364 g/mol. The number of nitrogens with zero attached hydrogens (tertiary/aromatic N) is 2. The van der Waals surface area contributed by atoms with Crippen molar-refractivity contribution in [2.45, 2.75) is 18.6 Å². The van der Waals surface area contributed by atoms with Crippen molar-refractivity contribution in [3.05, 3.63) is 65.7 Å². The molecule has 0 aromatic heterocycles. The zero-order chi connectivity index (χ0) is 15.0. The Balaban J connectivity index is 0.00000104. The maximum atomic E-state index is 6.19. The maximum Gasteiger partial charge on any atom is 0.145 e. The Morgan fingerprint density at radius 1 is 1.04 bits per heavy atom. The number of halogens is 2. The van der Waals surface area contributed by atoms with Gasteiger partial charge in [0.05, 0.1) is 0 Å². The van der Waals surface area contributed by atoms with Gasteiger partial charge >= 0.3 is 0 Å². The first-order chi connectivity index (χ1) is 10.7. The van der Waals surface area contributed by atoms with E-state index in [1.807, 2.05) is 18.2 Å².